The summed E-state index contributed by atoms with van der Waals surface area (Å²) in [6, 6.07) is 7.61. The van der Waals surface area contributed by atoms with Crippen LogP contribution in [0.2, 0.25) is 0 Å². The van der Waals surface area contributed by atoms with E-state index >= 15 is 0 Å². The average molecular weight is 207 g/mol. The van der Waals surface area contributed by atoms with E-state index in [0.717, 1.165) is 18.5 Å². The van der Waals surface area contributed by atoms with E-state index in [0.29, 0.717) is 6.61 Å². The van der Waals surface area contributed by atoms with Crippen LogP contribution in [0.3, 0.4) is 0 Å². The van der Waals surface area contributed by atoms with Gasteiger partial charge in [-0.1, -0.05) is 31.0 Å². The summed E-state index contributed by atoms with van der Waals surface area (Å²) in [5.41, 5.74) is 1.93. The Bertz CT molecular complexity index is 306. The fraction of sp³-hybridized carbons (Fsp3) is 0.417. The Balaban J connectivity index is 2.34. The van der Waals surface area contributed by atoms with Crippen molar-refractivity contribution in [3.8, 4) is 0 Å². The van der Waals surface area contributed by atoms with Crippen molar-refractivity contribution in [1.29, 1.82) is 0 Å². The van der Waals surface area contributed by atoms with Crippen molar-refractivity contribution in [2.45, 2.75) is 26.7 Å². The number of ether oxygens (including phenoxy) is 1. The SMILES string of the molecule is CCCCOC(=O)Nc1ccc(C)cc1. The molecule has 0 aliphatic rings. The number of hydrogen-bond donors (Lipinski definition) is 1. The van der Waals surface area contributed by atoms with E-state index in [4.69, 9.17) is 4.74 Å². The molecule has 0 saturated heterocycles. The zero-order valence-corrected chi connectivity index (χ0v) is 9.25. The van der Waals surface area contributed by atoms with Crippen LogP contribution in [0.1, 0.15) is 25.3 Å². The second-order valence-electron chi connectivity index (χ2n) is 3.48. The van der Waals surface area contributed by atoms with Gasteiger partial charge in [0.15, 0.2) is 0 Å². The Morgan fingerprint density at radius 2 is 2.00 bits per heavy atom. The van der Waals surface area contributed by atoms with Gasteiger partial charge in [0.05, 0.1) is 6.61 Å². The number of rotatable bonds is 4. The molecule has 82 valence electrons. The Kier molecular flexibility index (Phi) is 4.68. The predicted molar refractivity (Wildman–Crippen MR) is 61.1 cm³/mol. The van der Waals surface area contributed by atoms with Crippen LogP contribution >= 0.6 is 0 Å². The first-order valence-corrected chi connectivity index (χ1v) is 5.23. The van der Waals surface area contributed by atoms with Gasteiger partial charge < -0.3 is 4.74 Å². The molecule has 1 rings (SSSR count). The normalized spacial score (nSPS) is 9.73. The lowest BCUT2D eigenvalue weighted by atomic mass is 10.2. The maximum Gasteiger partial charge on any atom is 0.411 e. The molecule has 0 saturated carbocycles. The monoisotopic (exact) mass is 207 g/mol. The molecule has 1 amide bonds. The molecule has 0 heterocycles. The lowest BCUT2D eigenvalue weighted by Gasteiger charge is -2.06. The maximum absolute atomic E-state index is 11.2. The predicted octanol–water partition coefficient (Wildman–Crippen LogP) is 3.34. The first-order chi connectivity index (χ1) is 7.22. The first-order valence-electron chi connectivity index (χ1n) is 5.23. The summed E-state index contributed by atoms with van der Waals surface area (Å²) >= 11 is 0. The van der Waals surface area contributed by atoms with Gasteiger partial charge in [-0.3, -0.25) is 5.32 Å². The summed E-state index contributed by atoms with van der Waals surface area (Å²) in [7, 11) is 0. The van der Waals surface area contributed by atoms with Crippen molar-refractivity contribution in [1.82, 2.24) is 0 Å². The van der Waals surface area contributed by atoms with E-state index in [1.807, 2.05) is 31.2 Å². The summed E-state index contributed by atoms with van der Waals surface area (Å²) in [5, 5.41) is 2.67. The molecule has 0 aliphatic heterocycles. The van der Waals surface area contributed by atoms with Crippen molar-refractivity contribution in [2.24, 2.45) is 0 Å². The summed E-state index contributed by atoms with van der Waals surface area (Å²) in [5.74, 6) is 0. The molecule has 0 atom stereocenters. The molecule has 0 aliphatic carbocycles. The second kappa shape index (κ2) is 6.06. The minimum atomic E-state index is -0.382. The third-order valence-corrected chi connectivity index (χ3v) is 2.03. The standard InChI is InChI=1S/C12H17NO2/c1-3-4-9-15-12(14)13-11-7-5-10(2)6-8-11/h5-8H,3-4,9H2,1-2H3,(H,13,14). The summed E-state index contributed by atoms with van der Waals surface area (Å²) in [6.45, 7) is 4.54. The molecular formula is C12H17NO2. The second-order valence-corrected chi connectivity index (χ2v) is 3.48. The van der Waals surface area contributed by atoms with Crippen LogP contribution in [0, 0.1) is 6.92 Å². The van der Waals surface area contributed by atoms with Gasteiger partial charge in [-0.15, -0.1) is 0 Å². The highest BCUT2D eigenvalue weighted by Gasteiger charge is 2.01. The Labute approximate surface area is 90.4 Å². The quantitative estimate of drug-likeness (QED) is 0.769. The minimum Gasteiger partial charge on any atom is -0.449 e. The Morgan fingerprint density at radius 1 is 1.33 bits per heavy atom. The van der Waals surface area contributed by atoms with E-state index in [1.165, 1.54) is 5.56 Å². The lowest BCUT2D eigenvalue weighted by Crippen LogP contribution is -2.14. The highest BCUT2D eigenvalue weighted by Crippen LogP contribution is 2.08. The van der Waals surface area contributed by atoms with Gasteiger partial charge in [-0.2, -0.15) is 0 Å². The molecule has 3 nitrogen and oxygen atoms in total. The molecule has 0 aromatic heterocycles. The molecule has 0 spiro atoms. The number of carbonyl (C=O) groups excluding carboxylic acids is 1. The topological polar surface area (TPSA) is 38.3 Å². The number of unbranched alkanes of at least 4 members (excludes halogenated alkanes) is 1. The number of anilines is 1. The molecule has 3 heteroatoms. The van der Waals surface area contributed by atoms with Crippen LogP contribution in [0.5, 0.6) is 0 Å². The van der Waals surface area contributed by atoms with Crippen LogP contribution in [-0.4, -0.2) is 12.7 Å². The van der Waals surface area contributed by atoms with Crippen LogP contribution in [0.25, 0.3) is 0 Å². The average Bonchev–Trinajstić information content (AvgIpc) is 2.22. The van der Waals surface area contributed by atoms with Crippen molar-refractivity contribution < 1.29 is 9.53 Å². The molecule has 1 N–H and O–H groups in total. The van der Waals surface area contributed by atoms with Gasteiger partial charge in [0, 0.05) is 5.69 Å². The number of benzene rings is 1. The van der Waals surface area contributed by atoms with Gasteiger partial charge in [-0.25, -0.2) is 4.79 Å². The van der Waals surface area contributed by atoms with E-state index < -0.39 is 0 Å². The molecule has 0 bridgehead atoms. The number of aryl methyl sites for hydroxylation is 1. The smallest absolute Gasteiger partial charge is 0.411 e. The first kappa shape index (κ1) is 11.6. The highest BCUT2D eigenvalue weighted by atomic mass is 16.5. The van der Waals surface area contributed by atoms with Crippen LogP contribution < -0.4 is 5.32 Å². The Hall–Kier alpha value is -1.51. The fourth-order valence-corrected chi connectivity index (χ4v) is 1.10. The number of nitrogens with one attached hydrogen (secondary N) is 1. The highest BCUT2D eigenvalue weighted by molar-refractivity contribution is 5.84. The fourth-order valence-electron chi connectivity index (χ4n) is 1.10. The summed E-state index contributed by atoms with van der Waals surface area (Å²) in [6.07, 6.45) is 1.55. The Morgan fingerprint density at radius 3 is 2.60 bits per heavy atom. The summed E-state index contributed by atoms with van der Waals surface area (Å²) in [4.78, 5) is 11.2. The van der Waals surface area contributed by atoms with Crippen molar-refractivity contribution in [3.05, 3.63) is 29.8 Å². The van der Waals surface area contributed by atoms with Crippen molar-refractivity contribution >= 4 is 11.8 Å². The molecule has 1 aromatic carbocycles. The van der Waals surface area contributed by atoms with Gasteiger partial charge in [0.1, 0.15) is 0 Å². The summed E-state index contributed by atoms with van der Waals surface area (Å²) < 4.78 is 4.97. The largest absolute Gasteiger partial charge is 0.449 e. The van der Waals surface area contributed by atoms with Gasteiger partial charge in [0.2, 0.25) is 0 Å². The maximum atomic E-state index is 11.2. The lowest BCUT2D eigenvalue weighted by molar-refractivity contribution is 0.160. The number of carbonyl (C=O) groups is 1. The third-order valence-electron chi connectivity index (χ3n) is 2.03. The molecular weight excluding hydrogens is 190 g/mol. The van der Waals surface area contributed by atoms with E-state index in [9.17, 15) is 4.79 Å². The minimum absolute atomic E-state index is 0.382. The van der Waals surface area contributed by atoms with Gasteiger partial charge >= 0.3 is 6.09 Å². The van der Waals surface area contributed by atoms with Crippen LogP contribution in [0.15, 0.2) is 24.3 Å². The third kappa shape index (κ3) is 4.49. The molecule has 0 unspecified atom stereocenters. The number of hydrogen-bond acceptors (Lipinski definition) is 2. The molecule has 0 radical (unpaired) electrons. The van der Waals surface area contributed by atoms with Gasteiger partial charge in [0.25, 0.3) is 0 Å². The van der Waals surface area contributed by atoms with Crippen LogP contribution in [0.4, 0.5) is 10.5 Å². The van der Waals surface area contributed by atoms with Crippen LogP contribution in [-0.2, 0) is 4.74 Å². The van der Waals surface area contributed by atoms with Crippen molar-refractivity contribution in [3.63, 3.8) is 0 Å². The van der Waals surface area contributed by atoms with E-state index in [1.54, 1.807) is 0 Å². The molecule has 1 aromatic rings. The molecule has 15 heavy (non-hydrogen) atoms. The molecule has 0 fully saturated rings. The number of amides is 1. The van der Waals surface area contributed by atoms with Gasteiger partial charge in [-0.05, 0) is 25.5 Å². The zero-order chi connectivity index (χ0) is 11.1. The van der Waals surface area contributed by atoms with Crippen molar-refractivity contribution in [2.75, 3.05) is 11.9 Å². The van der Waals surface area contributed by atoms with E-state index in [2.05, 4.69) is 12.2 Å². The zero-order valence-electron chi connectivity index (χ0n) is 9.25. The van der Waals surface area contributed by atoms with E-state index in [-0.39, 0.29) is 6.09 Å².